The van der Waals surface area contributed by atoms with Crippen molar-refractivity contribution in [2.75, 3.05) is 11.9 Å². The van der Waals surface area contributed by atoms with E-state index in [2.05, 4.69) is 10.3 Å². The van der Waals surface area contributed by atoms with E-state index in [0.717, 1.165) is 0 Å². The molecule has 2 aromatic rings. The van der Waals surface area contributed by atoms with Gasteiger partial charge in [0.15, 0.2) is 0 Å². The number of nitrogens with zero attached hydrogens (tertiary/aromatic N) is 2. The maximum absolute atomic E-state index is 12.0. The number of rotatable bonds is 4. The van der Waals surface area contributed by atoms with E-state index in [4.69, 9.17) is 10.00 Å². The molecule has 1 aromatic heterocycles. The lowest BCUT2D eigenvalue weighted by atomic mass is 10.2. The maximum Gasteiger partial charge on any atom is 0.338 e. The van der Waals surface area contributed by atoms with Gasteiger partial charge in [-0.1, -0.05) is 0 Å². The van der Waals surface area contributed by atoms with Crippen LogP contribution in [-0.4, -0.2) is 23.5 Å². The van der Waals surface area contributed by atoms with Crippen LogP contribution in [0.1, 0.15) is 33.3 Å². The number of anilines is 1. The van der Waals surface area contributed by atoms with E-state index in [1.54, 1.807) is 31.2 Å². The van der Waals surface area contributed by atoms with E-state index in [1.165, 1.54) is 18.3 Å². The largest absolute Gasteiger partial charge is 0.462 e. The highest BCUT2D eigenvalue weighted by Crippen LogP contribution is 2.12. The topological polar surface area (TPSA) is 92.1 Å². The van der Waals surface area contributed by atoms with Crippen LogP contribution in [0.25, 0.3) is 0 Å². The fourth-order valence-corrected chi connectivity index (χ4v) is 1.70. The highest BCUT2D eigenvalue weighted by atomic mass is 16.5. The summed E-state index contributed by atoms with van der Waals surface area (Å²) in [4.78, 5) is 27.4. The van der Waals surface area contributed by atoms with Crippen molar-refractivity contribution in [2.24, 2.45) is 0 Å². The monoisotopic (exact) mass is 295 g/mol. The van der Waals surface area contributed by atoms with Crippen molar-refractivity contribution in [1.82, 2.24) is 4.98 Å². The molecule has 0 bridgehead atoms. The number of aromatic nitrogens is 1. The summed E-state index contributed by atoms with van der Waals surface area (Å²) in [5, 5.41) is 11.3. The summed E-state index contributed by atoms with van der Waals surface area (Å²) in [5.74, 6) is -0.752. The first kappa shape index (κ1) is 15.2. The number of ether oxygens (including phenoxy) is 1. The zero-order chi connectivity index (χ0) is 15.9. The van der Waals surface area contributed by atoms with Gasteiger partial charge < -0.3 is 10.1 Å². The van der Waals surface area contributed by atoms with Gasteiger partial charge in [0.25, 0.3) is 5.91 Å². The Labute approximate surface area is 127 Å². The van der Waals surface area contributed by atoms with Crippen LogP contribution >= 0.6 is 0 Å². The Kier molecular flexibility index (Phi) is 4.83. The lowest BCUT2D eigenvalue weighted by Gasteiger charge is -2.06. The van der Waals surface area contributed by atoms with Crippen LogP contribution in [0.2, 0.25) is 0 Å². The summed E-state index contributed by atoms with van der Waals surface area (Å²) in [6.45, 7) is 2.04. The van der Waals surface area contributed by atoms with E-state index in [-0.39, 0.29) is 11.6 Å². The number of esters is 1. The predicted octanol–water partition coefficient (Wildman–Crippen LogP) is 2.38. The van der Waals surface area contributed by atoms with Crippen LogP contribution < -0.4 is 5.32 Å². The molecule has 0 aliphatic carbocycles. The number of pyridine rings is 1. The van der Waals surface area contributed by atoms with E-state index in [0.29, 0.717) is 23.4 Å². The molecular formula is C16H13N3O3. The summed E-state index contributed by atoms with van der Waals surface area (Å²) in [7, 11) is 0. The summed E-state index contributed by atoms with van der Waals surface area (Å²) in [5.41, 5.74) is 1.55. The molecule has 1 heterocycles. The van der Waals surface area contributed by atoms with Crippen LogP contribution in [0.4, 0.5) is 5.69 Å². The molecule has 0 atom stereocenters. The molecule has 22 heavy (non-hydrogen) atoms. The van der Waals surface area contributed by atoms with Gasteiger partial charge >= 0.3 is 5.97 Å². The SMILES string of the molecule is CCOC(=O)c1ccc(NC(=O)c2ccc(C#N)nc2)cc1. The second kappa shape index (κ2) is 6.99. The molecule has 0 spiro atoms. The van der Waals surface area contributed by atoms with Gasteiger partial charge in [0.05, 0.1) is 17.7 Å². The molecule has 1 N–H and O–H groups in total. The average Bonchev–Trinajstić information content (AvgIpc) is 2.55. The Hall–Kier alpha value is -3.20. The zero-order valence-corrected chi connectivity index (χ0v) is 11.9. The lowest BCUT2D eigenvalue weighted by molar-refractivity contribution is 0.0526. The minimum atomic E-state index is -0.406. The number of carbonyl (C=O) groups is 2. The van der Waals surface area contributed by atoms with Gasteiger partial charge in [0, 0.05) is 11.9 Å². The number of hydrogen-bond donors (Lipinski definition) is 1. The van der Waals surface area contributed by atoms with Gasteiger partial charge in [-0.2, -0.15) is 5.26 Å². The molecule has 0 aliphatic rings. The van der Waals surface area contributed by atoms with Crippen molar-refractivity contribution in [1.29, 1.82) is 5.26 Å². The molecule has 0 radical (unpaired) electrons. The number of amides is 1. The number of benzene rings is 1. The van der Waals surface area contributed by atoms with Gasteiger partial charge in [-0.05, 0) is 43.3 Å². The molecule has 0 saturated carbocycles. The molecule has 0 saturated heterocycles. The fourth-order valence-electron chi connectivity index (χ4n) is 1.70. The number of nitrogens with one attached hydrogen (secondary N) is 1. The van der Waals surface area contributed by atoms with E-state index in [1.807, 2.05) is 6.07 Å². The normalized spacial score (nSPS) is 9.64. The third kappa shape index (κ3) is 3.67. The fraction of sp³-hybridized carbons (Fsp3) is 0.125. The molecular weight excluding hydrogens is 282 g/mol. The van der Waals surface area contributed by atoms with Crippen LogP contribution in [0.5, 0.6) is 0 Å². The molecule has 1 aromatic carbocycles. The third-order valence-electron chi connectivity index (χ3n) is 2.79. The Morgan fingerprint density at radius 2 is 1.86 bits per heavy atom. The Bertz CT molecular complexity index is 716. The van der Waals surface area contributed by atoms with Gasteiger partial charge in [0.1, 0.15) is 11.8 Å². The van der Waals surface area contributed by atoms with Crippen molar-refractivity contribution in [2.45, 2.75) is 6.92 Å². The summed E-state index contributed by atoms with van der Waals surface area (Å²) in [6, 6.07) is 11.2. The first-order chi connectivity index (χ1) is 10.6. The van der Waals surface area contributed by atoms with Crippen LogP contribution in [0.15, 0.2) is 42.6 Å². The molecule has 0 aliphatic heterocycles. The van der Waals surface area contributed by atoms with Gasteiger partial charge in [-0.3, -0.25) is 4.79 Å². The Balaban J connectivity index is 2.05. The highest BCUT2D eigenvalue weighted by Gasteiger charge is 2.09. The van der Waals surface area contributed by atoms with Crippen molar-refractivity contribution < 1.29 is 14.3 Å². The van der Waals surface area contributed by atoms with E-state index < -0.39 is 5.97 Å². The van der Waals surface area contributed by atoms with Crippen molar-refractivity contribution in [3.8, 4) is 6.07 Å². The standard InChI is InChI=1S/C16H13N3O3/c1-2-22-16(21)11-3-6-13(7-4-11)19-15(20)12-5-8-14(9-17)18-10-12/h3-8,10H,2H2,1H3,(H,19,20). The predicted molar refractivity (Wildman–Crippen MR) is 79.3 cm³/mol. The van der Waals surface area contributed by atoms with Crippen molar-refractivity contribution in [3.05, 3.63) is 59.4 Å². The molecule has 6 heteroatoms. The molecule has 0 unspecified atom stereocenters. The van der Waals surface area contributed by atoms with Crippen molar-refractivity contribution in [3.63, 3.8) is 0 Å². The van der Waals surface area contributed by atoms with Gasteiger partial charge in [0.2, 0.25) is 0 Å². The summed E-state index contributed by atoms with van der Waals surface area (Å²) >= 11 is 0. The zero-order valence-electron chi connectivity index (χ0n) is 11.9. The van der Waals surface area contributed by atoms with Crippen LogP contribution in [0.3, 0.4) is 0 Å². The maximum atomic E-state index is 12.0. The molecule has 6 nitrogen and oxygen atoms in total. The minimum Gasteiger partial charge on any atom is -0.462 e. The Morgan fingerprint density at radius 1 is 1.18 bits per heavy atom. The summed E-state index contributed by atoms with van der Waals surface area (Å²) in [6.07, 6.45) is 1.33. The second-order valence-electron chi connectivity index (χ2n) is 4.30. The molecule has 110 valence electrons. The molecule has 1 amide bonds. The number of nitriles is 1. The van der Waals surface area contributed by atoms with E-state index in [9.17, 15) is 9.59 Å². The second-order valence-corrected chi connectivity index (χ2v) is 4.30. The average molecular weight is 295 g/mol. The number of carbonyl (C=O) groups excluding carboxylic acids is 2. The first-order valence-corrected chi connectivity index (χ1v) is 6.58. The van der Waals surface area contributed by atoms with Crippen LogP contribution in [-0.2, 0) is 4.74 Å². The highest BCUT2D eigenvalue weighted by molar-refractivity contribution is 6.04. The summed E-state index contributed by atoms with van der Waals surface area (Å²) < 4.78 is 4.88. The van der Waals surface area contributed by atoms with Crippen molar-refractivity contribution >= 4 is 17.6 Å². The number of hydrogen-bond acceptors (Lipinski definition) is 5. The lowest BCUT2D eigenvalue weighted by Crippen LogP contribution is -2.12. The smallest absolute Gasteiger partial charge is 0.338 e. The van der Waals surface area contributed by atoms with Gasteiger partial charge in [-0.25, -0.2) is 9.78 Å². The molecule has 2 rings (SSSR count). The Morgan fingerprint density at radius 3 is 2.41 bits per heavy atom. The van der Waals surface area contributed by atoms with E-state index >= 15 is 0 Å². The molecule has 0 fully saturated rings. The first-order valence-electron chi connectivity index (χ1n) is 6.58. The third-order valence-corrected chi connectivity index (χ3v) is 2.79. The minimum absolute atomic E-state index is 0.246. The van der Waals surface area contributed by atoms with Crippen LogP contribution in [0, 0.1) is 11.3 Å². The van der Waals surface area contributed by atoms with Gasteiger partial charge in [-0.15, -0.1) is 0 Å². The quantitative estimate of drug-likeness (QED) is 0.874.